The van der Waals surface area contributed by atoms with Gasteiger partial charge in [0, 0.05) is 13.3 Å². The number of rotatable bonds is 7. The van der Waals surface area contributed by atoms with Crippen molar-refractivity contribution in [1.82, 2.24) is 10.3 Å². The van der Waals surface area contributed by atoms with Gasteiger partial charge in [-0.2, -0.15) is 0 Å². The van der Waals surface area contributed by atoms with Crippen molar-refractivity contribution in [3.63, 3.8) is 0 Å². The van der Waals surface area contributed by atoms with Gasteiger partial charge in [-0.3, -0.25) is 9.78 Å². The fourth-order valence-electron chi connectivity index (χ4n) is 2.85. The molecule has 0 spiro atoms. The second kappa shape index (κ2) is 8.73. The minimum absolute atomic E-state index is 0.144. The lowest BCUT2D eigenvalue weighted by Crippen LogP contribution is -2.28. The number of pyridine rings is 1. The van der Waals surface area contributed by atoms with Crippen LogP contribution < -0.4 is 5.32 Å². The Morgan fingerprint density at radius 2 is 2.07 bits per heavy atom. The van der Waals surface area contributed by atoms with Crippen molar-refractivity contribution in [2.24, 2.45) is 4.99 Å². The Labute approximate surface area is 157 Å². The zero-order valence-corrected chi connectivity index (χ0v) is 15.4. The Hall–Kier alpha value is -2.80. The summed E-state index contributed by atoms with van der Waals surface area (Å²) in [7, 11) is 1.61. The number of carbonyl (C=O) groups excluding carboxylic acids is 1. The Morgan fingerprint density at radius 3 is 2.81 bits per heavy atom. The summed E-state index contributed by atoms with van der Waals surface area (Å²) < 4.78 is 23.5. The maximum absolute atomic E-state index is 13.0. The number of benzene rings is 1. The van der Waals surface area contributed by atoms with Crippen molar-refractivity contribution in [1.29, 1.82) is 0 Å². The summed E-state index contributed by atoms with van der Waals surface area (Å²) in [6.07, 6.45) is 1.86. The largest absolute Gasteiger partial charge is 0.475 e. The molecule has 6 nitrogen and oxygen atoms in total. The Bertz CT molecular complexity index is 837. The highest BCUT2D eigenvalue weighted by molar-refractivity contribution is 5.97. The second-order valence-corrected chi connectivity index (χ2v) is 6.31. The summed E-state index contributed by atoms with van der Waals surface area (Å²) in [5.74, 6) is 0.123. The molecular formula is C20H22FN3O3. The summed E-state index contributed by atoms with van der Waals surface area (Å²) in [6, 6.07) is 7.76. The van der Waals surface area contributed by atoms with Crippen molar-refractivity contribution < 1.29 is 18.7 Å². The molecule has 0 aliphatic carbocycles. The number of hydrogen-bond acceptors (Lipinski definition) is 5. The van der Waals surface area contributed by atoms with Gasteiger partial charge in [0.05, 0.1) is 36.9 Å². The van der Waals surface area contributed by atoms with Crippen LogP contribution in [0.15, 0.2) is 41.5 Å². The molecule has 0 unspecified atom stereocenters. The fourth-order valence-corrected chi connectivity index (χ4v) is 2.85. The monoisotopic (exact) mass is 371 g/mol. The third-order valence-electron chi connectivity index (χ3n) is 4.29. The number of amides is 1. The number of nitrogens with one attached hydrogen (secondary N) is 1. The number of hydrogen-bond donors (Lipinski definition) is 1. The van der Waals surface area contributed by atoms with Gasteiger partial charge in [-0.15, -0.1) is 0 Å². The quantitative estimate of drug-likeness (QED) is 0.760. The first-order valence-electron chi connectivity index (χ1n) is 8.76. The van der Waals surface area contributed by atoms with E-state index in [9.17, 15) is 9.18 Å². The molecule has 1 atom stereocenters. The molecule has 0 radical (unpaired) electrons. The molecule has 0 bridgehead atoms. The molecule has 1 aliphatic rings. The van der Waals surface area contributed by atoms with E-state index in [1.807, 2.05) is 13.0 Å². The molecule has 0 saturated carbocycles. The van der Waals surface area contributed by atoms with Crippen molar-refractivity contribution in [2.45, 2.75) is 25.9 Å². The van der Waals surface area contributed by atoms with Gasteiger partial charge < -0.3 is 14.8 Å². The lowest BCUT2D eigenvalue weighted by molar-refractivity contribution is -0.121. The van der Waals surface area contributed by atoms with Crippen LogP contribution in [-0.2, 0) is 27.2 Å². The molecule has 2 heterocycles. The van der Waals surface area contributed by atoms with Gasteiger partial charge in [0.2, 0.25) is 11.8 Å². The molecule has 0 saturated heterocycles. The van der Waals surface area contributed by atoms with Crippen molar-refractivity contribution in [2.75, 3.05) is 20.3 Å². The van der Waals surface area contributed by atoms with Crippen molar-refractivity contribution in [3.8, 4) is 0 Å². The van der Waals surface area contributed by atoms with E-state index in [-0.39, 0.29) is 24.2 Å². The number of methoxy groups -OCH3 is 1. The SMILES string of the molecule is COCCOC1=NCc2cc(CC(=O)N[C@H](C)c3ccc(F)cc3)ncc21. The highest BCUT2D eigenvalue weighted by atomic mass is 19.1. The van der Waals surface area contributed by atoms with E-state index < -0.39 is 0 Å². The number of nitrogens with zero attached hydrogens (tertiary/aromatic N) is 2. The highest BCUT2D eigenvalue weighted by Gasteiger charge is 2.19. The smallest absolute Gasteiger partial charge is 0.226 e. The summed E-state index contributed by atoms with van der Waals surface area (Å²) in [5, 5.41) is 2.91. The lowest BCUT2D eigenvalue weighted by Gasteiger charge is -2.14. The van der Waals surface area contributed by atoms with Crippen LogP contribution in [0.1, 0.15) is 35.3 Å². The molecule has 1 N–H and O–H groups in total. The van der Waals surface area contributed by atoms with Crippen LogP contribution in [0.5, 0.6) is 0 Å². The van der Waals surface area contributed by atoms with E-state index in [1.54, 1.807) is 25.4 Å². The Morgan fingerprint density at radius 1 is 1.30 bits per heavy atom. The van der Waals surface area contributed by atoms with E-state index in [0.29, 0.717) is 31.4 Å². The van der Waals surface area contributed by atoms with Gasteiger partial charge in [-0.25, -0.2) is 9.38 Å². The van der Waals surface area contributed by atoms with Gasteiger partial charge in [0.25, 0.3) is 0 Å². The zero-order valence-electron chi connectivity index (χ0n) is 15.4. The van der Waals surface area contributed by atoms with Crippen LogP contribution in [0.25, 0.3) is 0 Å². The minimum Gasteiger partial charge on any atom is -0.475 e. The average Bonchev–Trinajstić information content (AvgIpc) is 3.04. The van der Waals surface area contributed by atoms with E-state index in [2.05, 4.69) is 15.3 Å². The number of carbonyl (C=O) groups is 1. The normalized spacial score (nSPS) is 13.7. The molecule has 1 amide bonds. The molecule has 142 valence electrons. The number of ether oxygens (including phenoxy) is 2. The van der Waals surface area contributed by atoms with E-state index in [1.165, 1.54) is 12.1 Å². The third kappa shape index (κ3) is 4.89. The second-order valence-electron chi connectivity index (χ2n) is 6.31. The minimum atomic E-state index is -0.299. The third-order valence-corrected chi connectivity index (χ3v) is 4.29. The van der Waals surface area contributed by atoms with Crippen LogP contribution in [-0.4, -0.2) is 37.1 Å². The number of aromatic nitrogens is 1. The molecule has 1 aromatic heterocycles. The van der Waals surface area contributed by atoms with Crippen molar-refractivity contribution in [3.05, 3.63) is 64.7 Å². The number of aliphatic imine (C=N–C) groups is 1. The van der Waals surface area contributed by atoms with Gasteiger partial charge in [0.15, 0.2) is 0 Å². The van der Waals surface area contributed by atoms with E-state index >= 15 is 0 Å². The summed E-state index contributed by atoms with van der Waals surface area (Å²) in [5.41, 5.74) is 3.37. The predicted molar refractivity (Wildman–Crippen MR) is 99.0 cm³/mol. The highest BCUT2D eigenvalue weighted by Crippen LogP contribution is 2.20. The topological polar surface area (TPSA) is 72.8 Å². The standard InChI is InChI=1S/C20H22FN3O3/c1-13(14-3-5-16(21)6-4-14)24-19(25)10-17-9-15-11-23-20(18(15)12-22-17)27-8-7-26-2/h3-6,9,12-13H,7-8,10-11H2,1-2H3,(H,24,25)/t13-/m1/s1. The lowest BCUT2D eigenvalue weighted by atomic mass is 10.1. The van der Waals surface area contributed by atoms with Crippen molar-refractivity contribution >= 4 is 11.8 Å². The summed E-state index contributed by atoms with van der Waals surface area (Å²) >= 11 is 0. The molecule has 0 fully saturated rings. The Balaban J connectivity index is 1.57. The van der Waals surface area contributed by atoms with Gasteiger partial charge in [-0.1, -0.05) is 12.1 Å². The maximum atomic E-state index is 13.0. The van der Waals surface area contributed by atoms with Gasteiger partial charge in [0.1, 0.15) is 12.4 Å². The van der Waals surface area contributed by atoms with Crippen LogP contribution in [0.2, 0.25) is 0 Å². The molecule has 1 aromatic carbocycles. The van der Waals surface area contributed by atoms with Gasteiger partial charge >= 0.3 is 0 Å². The molecular weight excluding hydrogens is 349 g/mol. The molecule has 27 heavy (non-hydrogen) atoms. The van der Waals surface area contributed by atoms with Gasteiger partial charge in [-0.05, 0) is 36.2 Å². The van der Waals surface area contributed by atoms with Crippen LogP contribution in [0, 0.1) is 5.82 Å². The Kier molecular flexibility index (Phi) is 6.13. The zero-order chi connectivity index (χ0) is 19.2. The first-order valence-corrected chi connectivity index (χ1v) is 8.76. The molecule has 7 heteroatoms. The predicted octanol–water partition coefficient (Wildman–Crippen LogP) is 2.56. The average molecular weight is 371 g/mol. The first-order chi connectivity index (χ1) is 13.1. The van der Waals surface area contributed by atoms with Crippen LogP contribution in [0.4, 0.5) is 4.39 Å². The number of fused-ring (bicyclic) bond motifs is 1. The summed E-state index contributed by atoms with van der Waals surface area (Å²) in [4.78, 5) is 21.0. The van der Waals surface area contributed by atoms with E-state index in [0.717, 1.165) is 16.7 Å². The van der Waals surface area contributed by atoms with Crippen LogP contribution >= 0.6 is 0 Å². The summed E-state index contributed by atoms with van der Waals surface area (Å²) in [6.45, 7) is 3.30. The molecule has 1 aliphatic heterocycles. The number of halogens is 1. The molecule has 2 aromatic rings. The fraction of sp³-hybridized carbons (Fsp3) is 0.350. The van der Waals surface area contributed by atoms with Crippen LogP contribution in [0.3, 0.4) is 0 Å². The molecule has 3 rings (SSSR count). The van der Waals surface area contributed by atoms with E-state index in [4.69, 9.17) is 9.47 Å². The first kappa shape index (κ1) is 19.0. The maximum Gasteiger partial charge on any atom is 0.226 e.